The molecule has 1 amide bonds. The number of aryl methyl sites for hydroxylation is 1. The Kier molecular flexibility index (Phi) is 6.39. The molecule has 0 saturated heterocycles. The van der Waals surface area contributed by atoms with Crippen molar-refractivity contribution in [2.24, 2.45) is 11.7 Å². The van der Waals surface area contributed by atoms with Gasteiger partial charge in [0.2, 0.25) is 0 Å². The predicted molar refractivity (Wildman–Crippen MR) is 71.7 cm³/mol. The number of amides is 1. The van der Waals surface area contributed by atoms with Gasteiger partial charge in [0.25, 0.3) is 5.91 Å². The summed E-state index contributed by atoms with van der Waals surface area (Å²) < 4.78 is 0. The van der Waals surface area contributed by atoms with E-state index in [1.807, 2.05) is 44.2 Å². The lowest BCUT2D eigenvalue weighted by atomic mass is 10.1. The Morgan fingerprint density at radius 3 is 2.61 bits per heavy atom. The Morgan fingerprint density at radius 1 is 1.33 bits per heavy atom. The minimum atomic E-state index is -0.530. The van der Waals surface area contributed by atoms with Crippen LogP contribution in [0.3, 0.4) is 0 Å². The molecular formula is C14H22N2O2. The molecule has 3 N–H and O–H groups in total. The fourth-order valence-electron chi connectivity index (χ4n) is 1.45. The zero-order valence-electron chi connectivity index (χ0n) is 11.1. The molecule has 0 bridgehead atoms. The summed E-state index contributed by atoms with van der Waals surface area (Å²) in [4.78, 5) is 16.6. The van der Waals surface area contributed by atoms with Crippen LogP contribution in [0.2, 0.25) is 0 Å². The van der Waals surface area contributed by atoms with E-state index in [4.69, 9.17) is 10.6 Å². The number of rotatable bonds is 7. The van der Waals surface area contributed by atoms with Crippen LogP contribution in [0.25, 0.3) is 0 Å². The first-order valence-corrected chi connectivity index (χ1v) is 6.30. The second-order valence-corrected chi connectivity index (χ2v) is 4.80. The Balaban J connectivity index is 2.23. The molecule has 100 valence electrons. The van der Waals surface area contributed by atoms with E-state index in [9.17, 15) is 4.79 Å². The first-order valence-electron chi connectivity index (χ1n) is 6.30. The summed E-state index contributed by atoms with van der Waals surface area (Å²) in [6.45, 7) is 4.53. The monoisotopic (exact) mass is 250 g/mol. The van der Waals surface area contributed by atoms with Gasteiger partial charge in [-0.05, 0) is 24.3 Å². The van der Waals surface area contributed by atoms with Crippen LogP contribution < -0.4 is 11.2 Å². The maximum Gasteiger partial charge on any atom is 0.260 e. The number of nitrogens with one attached hydrogen (secondary N) is 1. The molecule has 0 saturated carbocycles. The average Bonchev–Trinajstić information content (AvgIpc) is 2.36. The van der Waals surface area contributed by atoms with E-state index >= 15 is 0 Å². The summed E-state index contributed by atoms with van der Waals surface area (Å²) >= 11 is 0. The number of carbonyl (C=O) groups is 1. The number of hydroxylamine groups is 1. The molecule has 0 spiro atoms. The summed E-state index contributed by atoms with van der Waals surface area (Å²) in [6, 6.07) is 9.45. The van der Waals surface area contributed by atoms with Crippen molar-refractivity contribution >= 4 is 5.91 Å². The molecule has 0 heterocycles. The standard InChI is InChI=1S/C14H22N2O2/c1-11(2)10-18-16-14(17)13(15)9-8-12-6-4-3-5-7-12/h3-7,11,13H,8-10,15H2,1-2H3,(H,16,17)/t13-/m0/s1. The fraction of sp³-hybridized carbons (Fsp3) is 0.500. The molecular weight excluding hydrogens is 228 g/mol. The summed E-state index contributed by atoms with van der Waals surface area (Å²) in [7, 11) is 0. The van der Waals surface area contributed by atoms with Crippen molar-refractivity contribution in [3.05, 3.63) is 35.9 Å². The molecule has 0 aromatic heterocycles. The second-order valence-electron chi connectivity index (χ2n) is 4.80. The third kappa shape index (κ3) is 5.80. The number of hydrogen-bond donors (Lipinski definition) is 2. The number of carbonyl (C=O) groups excluding carboxylic acids is 1. The van der Waals surface area contributed by atoms with E-state index in [0.29, 0.717) is 18.9 Å². The van der Waals surface area contributed by atoms with Crippen molar-refractivity contribution in [2.75, 3.05) is 6.61 Å². The molecule has 1 atom stereocenters. The lowest BCUT2D eigenvalue weighted by molar-refractivity contribution is -0.135. The second kappa shape index (κ2) is 7.84. The summed E-state index contributed by atoms with van der Waals surface area (Å²) in [5.41, 5.74) is 9.36. The molecule has 4 heteroatoms. The summed E-state index contributed by atoms with van der Waals surface area (Å²) in [5.74, 6) is 0.123. The average molecular weight is 250 g/mol. The largest absolute Gasteiger partial charge is 0.320 e. The molecule has 1 aromatic rings. The summed E-state index contributed by atoms with van der Waals surface area (Å²) in [5, 5.41) is 0. The molecule has 0 fully saturated rings. The molecule has 1 rings (SSSR count). The Morgan fingerprint density at radius 2 is 2.00 bits per heavy atom. The molecule has 0 aliphatic heterocycles. The number of benzene rings is 1. The lowest BCUT2D eigenvalue weighted by Crippen LogP contribution is -2.41. The van der Waals surface area contributed by atoms with Gasteiger partial charge in [0.05, 0.1) is 12.6 Å². The van der Waals surface area contributed by atoms with Crippen LogP contribution in [-0.2, 0) is 16.1 Å². The van der Waals surface area contributed by atoms with Crippen molar-refractivity contribution < 1.29 is 9.63 Å². The van der Waals surface area contributed by atoms with Gasteiger partial charge in [0, 0.05) is 0 Å². The highest BCUT2D eigenvalue weighted by atomic mass is 16.7. The van der Waals surface area contributed by atoms with Crippen LogP contribution in [0.4, 0.5) is 0 Å². The van der Waals surface area contributed by atoms with E-state index in [-0.39, 0.29) is 5.91 Å². The van der Waals surface area contributed by atoms with E-state index in [1.165, 1.54) is 5.56 Å². The summed E-state index contributed by atoms with van der Waals surface area (Å²) in [6.07, 6.45) is 1.40. The zero-order chi connectivity index (χ0) is 13.4. The first-order chi connectivity index (χ1) is 8.59. The minimum absolute atomic E-state index is 0.258. The third-order valence-corrected chi connectivity index (χ3v) is 2.51. The van der Waals surface area contributed by atoms with Crippen LogP contribution in [0, 0.1) is 5.92 Å². The van der Waals surface area contributed by atoms with Gasteiger partial charge in [-0.3, -0.25) is 9.63 Å². The Labute approximate surface area is 108 Å². The van der Waals surface area contributed by atoms with E-state index in [1.54, 1.807) is 0 Å². The van der Waals surface area contributed by atoms with Crippen LogP contribution in [0.5, 0.6) is 0 Å². The van der Waals surface area contributed by atoms with Crippen LogP contribution in [-0.4, -0.2) is 18.6 Å². The molecule has 4 nitrogen and oxygen atoms in total. The van der Waals surface area contributed by atoms with Gasteiger partial charge < -0.3 is 5.73 Å². The normalized spacial score (nSPS) is 12.4. The van der Waals surface area contributed by atoms with Crippen molar-refractivity contribution in [3.63, 3.8) is 0 Å². The van der Waals surface area contributed by atoms with Crippen molar-refractivity contribution in [1.29, 1.82) is 0 Å². The Bertz CT molecular complexity index is 352. The molecule has 18 heavy (non-hydrogen) atoms. The maximum absolute atomic E-state index is 11.6. The van der Waals surface area contributed by atoms with Gasteiger partial charge in [-0.15, -0.1) is 0 Å². The van der Waals surface area contributed by atoms with Gasteiger partial charge in [-0.25, -0.2) is 5.48 Å². The van der Waals surface area contributed by atoms with Crippen molar-refractivity contribution in [2.45, 2.75) is 32.7 Å². The lowest BCUT2D eigenvalue weighted by Gasteiger charge is -2.13. The quantitative estimate of drug-likeness (QED) is 0.723. The van der Waals surface area contributed by atoms with E-state index in [2.05, 4.69) is 5.48 Å². The first kappa shape index (κ1) is 14.7. The molecule has 0 aliphatic carbocycles. The SMILES string of the molecule is CC(C)CONC(=O)[C@@H](N)CCc1ccccc1. The van der Waals surface area contributed by atoms with Crippen molar-refractivity contribution in [1.82, 2.24) is 5.48 Å². The smallest absolute Gasteiger partial charge is 0.260 e. The molecule has 1 aromatic carbocycles. The predicted octanol–water partition coefficient (Wildman–Crippen LogP) is 1.65. The van der Waals surface area contributed by atoms with E-state index < -0.39 is 6.04 Å². The van der Waals surface area contributed by atoms with Gasteiger partial charge in [-0.2, -0.15) is 0 Å². The zero-order valence-corrected chi connectivity index (χ0v) is 11.1. The molecule has 0 radical (unpaired) electrons. The van der Waals surface area contributed by atoms with Gasteiger partial charge in [0.15, 0.2) is 0 Å². The molecule has 0 aliphatic rings. The van der Waals surface area contributed by atoms with Crippen LogP contribution in [0.1, 0.15) is 25.8 Å². The van der Waals surface area contributed by atoms with E-state index in [0.717, 1.165) is 6.42 Å². The van der Waals surface area contributed by atoms with Gasteiger partial charge in [0.1, 0.15) is 0 Å². The highest BCUT2D eigenvalue weighted by Crippen LogP contribution is 2.04. The maximum atomic E-state index is 11.6. The topological polar surface area (TPSA) is 64.3 Å². The van der Waals surface area contributed by atoms with Gasteiger partial charge >= 0.3 is 0 Å². The fourth-order valence-corrected chi connectivity index (χ4v) is 1.45. The van der Waals surface area contributed by atoms with Crippen LogP contribution in [0.15, 0.2) is 30.3 Å². The highest BCUT2D eigenvalue weighted by molar-refractivity contribution is 5.80. The number of nitrogens with two attached hydrogens (primary N) is 1. The Hall–Kier alpha value is -1.39. The third-order valence-electron chi connectivity index (χ3n) is 2.51. The molecule has 0 unspecified atom stereocenters. The highest BCUT2D eigenvalue weighted by Gasteiger charge is 2.13. The minimum Gasteiger partial charge on any atom is -0.320 e. The van der Waals surface area contributed by atoms with Crippen LogP contribution >= 0.6 is 0 Å². The van der Waals surface area contributed by atoms with Gasteiger partial charge in [-0.1, -0.05) is 44.2 Å². The number of hydrogen-bond acceptors (Lipinski definition) is 3. The van der Waals surface area contributed by atoms with Crippen molar-refractivity contribution in [3.8, 4) is 0 Å².